The molecule has 0 aliphatic heterocycles. The largest absolute Gasteiger partial charge is 0.383 e. The normalized spacial score (nSPS) is 11.7. The standard InChI is InChI=1S/C19H21F2N7O3/c1-9(2)28-17(22)15(18(23)30)16(26-28)11-5-4-10(8-24-11)6-13(29)25-14-7-12(27-31-14)19(3,20)21/h4-5,7-9H,6,22H2,1-3H3,(H2,23,30)(H,25,29). The molecule has 0 atom stereocenters. The lowest BCUT2D eigenvalue weighted by atomic mass is 10.1. The number of hydrogen-bond donors (Lipinski definition) is 3. The number of carbonyl (C=O) groups excluding carboxylic acids is 2. The molecule has 0 saturated carbocycles. The first-order valence-electron chi connectivity index (χ1n) is 9.25. The van der Waals surface area contributed by atoms with Crippen LogP contribution in [0.1, 0.15) is 48.4 Å². The van der Waals surface area contributed by atoms with Crippen molar-refractivity contribution in [1.29, 1.82) is 0 Å². The summed E-state index contributed by atoms with van der Waals surface area (Å²) in [7, 11) is 0. The fraction of sp³-hybridized carbons (Fsp3) is 0.316. The Kier molecular flexibility index (Phi) is 5.73. The van der Waals surface area contributed by atoms with Gasteiger partial charge in [0, 0.05) is 25.2 Å². The van der Waals surface area contributed by atoms with Gasteiger partial charge in [-0.15, -0.1) is 0 Å². The summed E-state index contributed by atoms with van der Waals surface area (Å²) in [4.78, 5) is 28.3. The molecule has 0 aliphatic carbocycles. The maximum Gasteiger partial charge on any atom is 0.290 e. The van der Waals surface area contributed by atoms with E-state index in [1.165, 1.54) is 10.9 Å². The summed E-state index contributed by atoms with van der Waals surface area (Å²) >= 11 is 0. The highest BCUT2D eigenvalue weighted by Gasteiger charge is 2.29. The summed E-state index contributed by atoms with van der Waals surface area (Å²) < 4.78 is 32.6. The van der Waals surface area contributed by atoms with E-state index >= 15 is 0 Å². The summed E-state index contributed by atoms with van der Waals surface area (Å²) in [5.41, 5.74) is 12.1. The van der Waals surface area contributed by atoms with Gasteiger partial charge in [-0.1, -0.05) is 11.2 Å². The van der Waals surface area contributed by atoms with Crippen LogP contribution in [-0.2, 0) is 17.1 Å². The molecule has 0 fully saturated rings. The van der Waals surface area contributed by atoms with Crippen LogP contribution in [0, 0.1) is 0 Å². The number of rotatable bonds is 7. The van der Waals surface area contributed by atoms with Gasteiger partial charge in [-0.05, 0) is 25.5 Å². The van der Waals surface area contributed by atoms with Crippen LogP contribution in [0.4, 0.5) is 20.5 Å². The van der Waals surface area contributed by atoms with E-state index in [1.54, 1.807) is 12.1 Å². The van der Waals surface area contributed by atoms with Gasteiger partial charge in [0.15, 0.2) is 5.69 Å². The maximum absolute atomic E-state index is 13.2. The van der Waals surface area contributed by atoms with E-state index in [2.05, 4.69) is 20.6 Å². The number of aromatic nitrogens is 4. The van der Waals surface area contributed by atoms with Crippen molar-refractivity contribution in [3.05, 3.63) is 41.2 Å². The van der Waals surface area contributed by atoms with Crippen molar-refractivity contribution in [2.24, 2.45) is 5.73 Å². The first-order valence-corrected chi connectivity index (χ1v) is 9.25. The average molecular weight is 433 g/mol. The smallest absolute Gasteiger partial charge is 0.290 e. The Morgan fingerprint density at radius 3 is 2.55 bits per heavy atom. The number of nitrogen functional groups attached to an aromatic ring is 1. The molecule has 0 aromatic carbocycles. The molecule has 3 aromatic heterocycles. The Balaban J connectivity index is 1.75. The first-order chi connectivity index (χ1) is 14.5. The maximum atomic E-state index is 13.2. The van der Waals surface area contributed by atoms with Crippen LogP contribution in [0.15, 0.2) is 28.9 Å². The molecule has 5 N–H and O–H groups in total. The number of halogens is 2. The fourth-order valence-corrected chi connectivity index (χ4v) is 2.84. The number of nitrogens with zero attached hydrogens (tertiary/aromatic N) is 4. The lowest BCUT2D eigenvalue weighted by Gasteiger charge is -2.06. The minimum Gasteiger partial charge on any atom is -0.383 e. The van der Waals surface area contributed by atoms with Crippen molar-refractivity contribution < 1.29 is 22.9 Å². The molecule has 0 aliphatic rings. The van der Waals surface area contributed by atoms with Crippen molar-refractivity contribution >= 4 is 23.5 Å². The molecule has 12 heteroatoms. The number of alkyl halides is 2. The van der Waals surface area contributed by atoms with Gasteiger partial charge in [0.25, 0.3) is 11.8 Å². The second-order valence-corrected chi connectivity index (χ2v) is 7.25. The van der Waals surface area contributed by atoms with Crippen LogP contribution < -0.4 is 16.8 Å². The number of hydrogen-bond acceptors (Lipinski definition) is 7. The van der Waals surface area contributed by atoms with Crippen LogP contribution in [0.25, 0.3) is 11.4 Å². The van der Waals surface area contributed by atoms with Gasteiger partial charge in [0.05, 0.1) is 12.1 Å². The van der Waals surface area contributed by atoms with E-state index in [1.807, 2.05) is 13.8 Å². The van der Waals surface area contributed by atoms with E-state index < -0.39 is 23.4 Å². The van der Waals surface area contributed by atoms with E-state index in [4.69, 9.17) is 16.0 Å². The lowest BCUT2D eigenvalue weighted by molar-refractivity contribution is -0.115. The number of carbonyl (C=O) groups is 2. The van der Waals surface area contributed by atoms with Crippen LogP contribution in [0.5, 0.6) is 0 Å². The minimum absolute atomic E-state index is 0.0699. The van der Waals surface area contributed by atoms with Gasteiger partial charge in [0.1, 0.15) is 17.1 Å². The Hall–Kier alpha value is -3.83. The van der Waals surface area contributed by atoms with Crippen LogP contribution in [0.2, 0.25) is 0 Å². The molecule has 0 radical (unpaired) electrons. The van der Waals surface area contributed by atoms with Crippen LogP contribution in [0.3, 0.4) is 0 Å². The zero-order valence-electron chi connectivity index (χ0n) is 17.0. The second kappa shape index (κ2) is 8.13. The number of anilines is 2. The third kappa shape index (κ3) is 4.68. The number of amides is 2. The van der Waals surface area contributed by atoms with Crippen LogP contribution in [-0.4, -0.2) is 31.7 Å². The summed E-state index contributed by atoms with van der Waals surface area (Å²) in [5, 5.41) is 9.92. The number of nitrogens with two attached hydrogens (primary N) is 2. The van der Waals surface area contributed by atoms with Gasteiger partial charge in [-0.2, -0.15) is 13.9 Å². The third-order valence-electron chi connectivity index (χ3n) is 4.34. The predicted molar refractivity (Wildman–Crippen MR) is 107 cm³/mol. The lowest BCUT2D eigenvalue weighted by Crippen LogP contribution is -2.15. The van der Waals surface area contributed by atoms with Gasteiger partial charge in [0.2, 0.25) is 11.8 Å². The van der Waals surface area contributed by atoms with E-state index in [0.717, 1.165) is 6.07 Å². The van der Waals surface area contributed by atoms with Gasteiger partial charge < -0.3 is 16.0 Å². The van der Waals surface area contributed by atoms with Gasteiger partial charge in [-0.25, -0.2) is 4.68 Å². The average Bonchev–Trinajstić information content (AvgIpc) is 3.26. The molecule has 10 nitrogen and oxygen atoms in total. The summed E-state index contributed by atoms with van der Waals surface area (Å²) in [5.74, 6) is -4.46. The Bertz CT molecular complexity index is 1110. The van der Waals surface area contributed by atoms with Crippen molar-refractivity contribution in [2.75, 3.05) is 11.1 Å². The molecule has 3 rings (SSSR count). The number of nitrogens with one attached hydrogen (secondary N) is 1. The first kappa shape index (κ1) is 21.9. The van der Waals surface area contributed by atoms with Crippen LogP contribution >= 0.6 is 0 Å². The van der Waals surface area contributed by atoms with Gasteiger partial charge in [-0.3, -0.25) is 19.9 Å². The van der Waals surface area contributed by atoms with E-state index in [9.17, 15) is 18.4 Å². The van der Waals surface area contributed by atoms with E-state index in [-0.39, 0.29) is 35.4 Å². The Morgan fingerprint density at radius 2 is 2.03 bits per heavy atom. The quantitative estimate of drug-likeness (QED) is 0.517. The molecular weight excluding hydrogens is 412 g/mol. The molecule has 3 aromatic rings. The molecule has 0 spiro atoms. The number of primary amides is 1. The topological polar surface area (TPSA) is 155 Å². The van der Waals surface area contributed by atoms with E-state index in [0.29, 0.717) is 18.2 Å². The Labute approximate surface area is 175 Å². The predicted octanol–water partition coefficient (Wildman–Crippen LogP) is 2.49. The fourth-order valence-electron chi connectivity index (χ4n) is 2.84. The van der Waals surface area contributed by atoms with Crippen molar-refractivity contribution in [3.8, 4) is 11.4 Å². The van der Waals surface area contributed by atoms with Gasteiger partial charge >= 0.3 is 0 Å². The SMILES string of the molecule is CC(C)n1nc(-c2ccc(CC(=O)Nc3cc(C(C)(F)F)no3)cn2)c(C(N)=O)c1N. The highest BCUT2D eigenvalue weighted by molar-refractivity contribution is 6.03. The molecule has 0 saturated heterocycles. The van der Waals surface area contributed by atoms with Crippen molar-refractivity contribution in [1.82, 2.24) is 19.9 Å². The molecule has 31 heavy (non-hydrogen) atoms. The highest BCUT2D eigenvalue weighted by Crippen LogP contribution is 2.29. The second-order valence-electron chi connectivity index (χ2n) is 7.25. The van der Waals surface area contributed by atoms with Crippen molar-refractivity contribution in [2.45, 2.75) is 39.2 Å². The zero-order valence-corrected chi connectivity index (χ0v) is 17.0. The summed E-state index contributed by atoms with van der Waals surface area (Å²) in [6, 6.07) is 4.05. The number of pyridine rings is 1. The molecular formula is C19H21F2N7O3. The molecule has 2 amide bonds. The molecule has 3 heterocycles. The molecule has 0 bridgehead atoms. The molecule has 0 unspecified atom stereocenters. The van der Waals surface area contributed by atoms with Crippen molar-refractivity contribution in [3.63, 3.8) is 0 Å². The zero-order chi connectivity index (χ0) is 22.9. The minimum atomic E-state index is -3.18. The third-order valence-corrected chi connectivity index (χ3v) is 4.34. The monoisotopic (exact) mass is 433 g/mol. The summed E-state index contributed by atoms with van der Waals surface area (Å²) in [6.07, 6.45) is 1.33. The summed E-state index contributed by atoms with van der Waals surface area (Å²) in [6.45, 7) is 4.38. The molecule has 164 valence electrons. The highest BCUT2D eigenvalue weighted by atomic mass is 19.3. The Morgan fingerprint density at radius 1 is 1.32 bits per heavy atom.